The molecule has 0 amide bonds. The van der Waals surface area contributed by atoms with Crippen LogP contribution < -0.4 is 0 Å². The smallest absolute Gasteiger partial charge is 0.309 e. The number of aliphatic hydroxyl groups is 1. The number of carbonyl (C=O) groups is 1. The van der Waals surface area contributed by atoms with Crippen molar-refractivity contribution < 1.29 is 14.6 Å². The highest BCUT2D eigenvalue weighted by Crippen LogP contribution is 2.59. The molecular weight excluding hydrogens is 264 g/mol. The molecule has 3 heteroatoms. The number of hydrogen-bond donors (Lipinski definition) is 1. The van der Waals surface area contributed by atoms with Crippen LogP contribution in [-0.2, 0) is 9.53 Å². The summed E-state index contributed by atoms with van der Waals surface area (Å²) in [6, 6.07) is 0. The summed E-state index contributed by atoms with van der Waals surface area (Å²) in [5, 5.41) is 10.7. The molecule has 0 aromatic carbocycles. The summed E-state index contributed by atoms with van der Waals surface area (Å²) in [6.07, 6.45) is 6.51. The Labute approximate surface area is 128 Å². The van der Waals surface area contributed by atoms with Gasteiger partial charge in [-0.05, 0) is 55.8 Å². The molecule has 0 aliphatic heterocycles. The van der Waals surface area contributed by atoms with Gasteiger partial charge in [0.15, 0.2) is 0 Å². The SMILES string of the molecule is CC(CC(C)(C)C)C(=O)OC12CC3CC(CC(O)(C3)C1)C2. The summed E-state index contributed by atoms with van der Waals surface area (Å²) in [6.45, 7) is 8.45. The third kappa shape index (κ3) is 3.13. The topological polar surface area (TPSA) is 46.5 Å². The lowest BCUT2D eigenvalue weighted by Gasteiger charge is -2.59. The maximum atomic E-state index is 12.5. The maximum absolute atomic E-state index is 12.5. The van der Waals surface area contributed by atoms with Crippen molar-refractivity contribution in [3.05, 3.63) is 0 Å². The summed E-state index contributed by atoms with van der Waals surface area (Å²) in [4.78, 5) is 12.5. The van der Waals surface area contributed by atoms with Crippen molar-refractivity contribution in [3.8, 4) is 0 Å². The highest BCUT2D eigenvalue weighted by Gasteiger charge is 2.59. The normalized spacial score (nSPS) is 42.9. The molecule has 4 saturated carbocycles. The van der Waals surface area contributed by atoms with E-state index in [0.717, 1.165) is 32.1 Å². The first-order valence-corrected chi connectivity index (χ1v) is 8.53. The Bertz CT molecular complexity index is 420. The Morgan fingerprint density at radius 2 is 1.81 bits per heavy atom. The van der Waals surface area contributed by atoms with Crippen LogP contribution >= 0.6 is 0 Å². The predicted octanol–water partition coefficient (Wildman–Crippen LogP) is 3.69. The van der Waals surface area contributed by atoms with Gasteiger partial charge in [0.1, 0.15) is 5.60 Å². The van der Waals surface area contributed by atoms with Gasteiger partial charge in [-0.25, -0.2) is 0 Å². The summed E-state index contributed by atoms with van der Waals surface area (Å²) in [5.74, 6) is 0.993. The quantitative estimate of drug-likeness (QED) is 0.808. The molecule has 0 saturated heterocycles. The lowest BCUT2D eigenvalue weighted by molar-refractivity contribution is -0.222. The molecule has 0 radical (unpaired) electrons. The van der Waals surface area contributed by atoms with Crippen LogP contribution in [0.3, 0.4) is 0 Å². The highest BCUT2D eigenvalue weighted by atomic mass is 16.6. The maximum Gasteiger partial charge on any atom is 0.309 e. The molecule has 0 aromatic heterocycles. The third-order valence-electron chi connectivity index (χ3n) is 5.61. The minimum Gasteiger partial charge on any atom is -0.459 e. The zero-order valence-corrected chi connectivity index (χ0v) is 13.9. The summed E-state index contributed by atoms with van der Waals surface area (Å²) >= 11 is 0. The van der Waals surface area contributed by atoms with Crippen molar-refractivity contribution in [2.45, 2.75) is 83.8 Å². The second kappa shape index (κ2) is 4.71. The van der Waals surface area contributed by atoms with E-state index in [1.165, 1.54) is 6.42 Å². The molecule has 0 aromatic rings. The molecule has 120 valence electrons. The monoisotopic (exact) mass is 294 g/mol. The Balaban J connectivity index is 1.68. The third-order valence-corrected chi connectivity index (χ3v) is 5.61. The Morgan fingerprint density at radius 1 is 1.24 bits per heavy atom. The van der Waals surface area contributed by atoms with Crippen molar-refractivity contribution >= 4 is 5.97 Å². The first-order valence-electron chi connectivity index (χ1n) is 8.53. The van der Waals surface area contributed by atoms with Crippen LogP contribution in [0.15, 0.2) is 0 Å². The molecule has 21 heavy (non-hydrogen) atoms. The van der Waals surface area contributed by atoms with Crippen molar-refractivity contribution in [2.24, 2.45) is 23.2 Å². The minimum absolute atomic E-state index is 0.0597. The molecule has 4 bridgehead atoms. The van der Waals surface area contributed by atoms with Crippen LogP contribution in [0, 0.1) is 23.2 Å². The molecule has 1 N–H and O–H groups in total. The van der Waals surface area contributed by atoms with Gasteiger partial charge in [-0.2, -0.15) is 0 Å². The number of rotatable bonds is 3. The van der Waals surface area contributed by atoms with Crippen LogP contribution in [0.4, 0.5) is 0 Å². The summed E-state index contributed by atoms with van der Waals surface area (Å²) in [7, 11) is 0. The van der Waals surface area contributed by atoms with E-state index < -0.39 is 5.60 Å². The van der Waals surface area contributed by atoms with Gasteiger partial charge in [0.25, 0.3) is 0 Å². The van der Waals surface area contributed by atoms with E-state index in [1.807, 2.05) is 6.92 Å². The number of carbonyl (C=O) groups excluding carboxylic acids is 1. The molecule has 3 nitrogen and oxygen atoms in total. The summed E-state index contributed by atoms with van der Waals surface area (Å²) < 4.78 is 6.02. The van der Waals surface area contributed by atoms with Gasteiger partial charge in [-0.1, -0.05) is 27.7 Å². The molecular formula is C18H30O3. The van der Waals surface area contributed by atoms with E-state index in [4.69, 9.17) is 4.74 Å². The molecule has 3 unspecified atom stereocenters. The van der Waals surface area contributed by atoms with E-state index >= 15 is 0 Å². The van der Waals surface area contributed by atoms with Crippen LogP contribution in [0.25, 0.3) is 0 Å². The first kappa shape index (κ1) is 15.3. The average molecular weight is 294 g/mol. The number of ether oxygens (including phenoxy) is 1. The van der Waals surface area contributed by atoms with Crippen LogP contribution in [0.1, 0.15) is 72.6 Å². The van der Waals surface area contributed by atoms with E-state index in [-0.39, 0.29) is 22.9 Å². The van der Waals surface area contributed by atoms with E-state index in [1.54, 1.807) is 0 Å². The van der Waals surface area contributed by atoms with E-state index in [9.17, 15) is 9.90 Å². The van der Waals surface area contributed by atoms with Gasteiger partial charge in [0.2, 0.25) is 0 Å². The molecule has 0 spiro atoms. The predicted molar refractivity (Wildman–Crippen MR) is 81.7 cm³/mol. The van der Waals surface area contributed by atoms with Crippen LogP contribution in [0.2, 0.25) is 0 Å². The molecule has 3 atom stereocenters. The van der Waals surface area contributed by atoms with Crippen LogP contribution in [-0.4, -0.2) is 22.3 Å². The van der Waals surface area contributed by atoms with Gasteiger partial charge < -0.3 is 9.84 Å². The number of hydrogen-bond acceptors (Lipinski definition) is 3. The van der Waals surface area contributed by atoms with Crippen molar-refractivity contribution in [2.75, 3.05) is 0 Å². The molecule has 0 heterocycles. The Hall–Kier alpha value is -0.570. The van der Waals surface area contributed by atoms with Gasteiger partial charge >= 0.3 is 5.97 Å². The Kier molecular flexibility index (Phi) is 3.44. The lowest BCUT2D eigenvalue weighted by Crippen LogP contribution is -2.60. The minimum atomic E-state index is -0.558. The fourth-order valence-electron chi connectivity index (χ4n) is 5.57. The highest BCUT2D eigenvalue weighted by molar-refractivity contribution is 5.72. The molecule has 4 aliphatic rings. The largest absolute Gasteiger partial charge is 0.459 e. The van der Waals surface area contributed by atoms with Crippen molar-refractivity contribution in [1.29, 1.82) is 0 Å². The van der Waals surface area contributed by atoms with E-state index in [2.05, 4.69) is 20.8 Å². The molecule has 4 rings (SSSR count). The first-order chi connectivity index (χ1) is 9.58. The second-order valence-corrected chi connectivity index (χ2v) is 9.46. The fourth-order valence-corrected chi connectivity index (χ4v) is 5.57. The van der Waals surface area contributed by atoms with Crippen LogP contribution in [0.5, 0.6) is 0 Å². The van der Waals surface area contributed by atoms with Gasteiger partial charge in [0, 0.05) is 6.42 Å². The fraction of sp³-hybridized carbons (Fsp3) is 0.944. The van der Waals surface area contributed by atoms with Gasteiger partial charge in [-0.3, -0.25) is 4.79 Å². The van der Waals surface area contributed by atoms with Gasteiger partial charge in [-0.15, -0.1) is 0 Å². The lowest BCUT2D eigenvalue weighted by atomic mass is 9.52. The Morgan fingerprint density at radius 3 is 2.29 bits per heavy atom. The van der Waals surface area contributed by atoms with Gasteiger partial charge in [0.05, 0.1) is 11.5 Å². The van der Waals surface area contributed by atoms with Crippen molar-refractivity contribution in [1.82, 2.24) is 0 Å². The zero-order chi connectivity index (χ0) is 15.5. The summed E-state index contributed by atoms with van der Waals surface area (Å²) in [5.41, 5.74) is -0.780. The average Bonchev–Trinajstić information content (AvgIpc) is 2.21. The standard InChI is InChI=1S/C18H30O3/c1-12(6-16(2,3)4)15(19)21-18-9-13-5-14(10-18)8-17(20,7-13)11-18/h12-14,20H,5-11H2,1-4H3. The van der Waals surface area contributed by atoms with E-state index in [0.29, 0.717) is 18.3 Å². The molecule has 4 aliphatic carbocycles. The molecule has 4 fully saturated rings. The zero-order valence-electron chi connectivity index (χ0n) is 13.9. The number of esters is 1. The van der Waals surface area contributed by atoms with Crippen molar-refractivity contribution in [3.63, 3.8) is 0 Å². The second-order valence-electron chi connectivity index (χ2n) is 9.46.